The minimum atomic E-state index is 0.107. The fourth-order valence-corrected chi connectivity index (χ4v) is 3.70. The highest BCUT2D eigenvalue weighted by Crippen LogP contribution is 2.20. The summed E-state index contributed by atoms with van der Waals surface area (Å²) < 4.78 is 0. The zero-order chi connectivity index (χ0) is 16.0. The molecule has 1 unspecified atom stereocenters. The Morgan fingerprint density at radius 3 is 2.59 bits per heavy atom. The lowest BCUT2D eigenvalue weighted by molar-refractivity contribution is 0.102. The van der Waals surface area contributed by atoms with Crippen molar-refractivity contribution >= 4 is 5.96 Å². The average molecular weight is 310 g/mol. The first-order valence-corrected chi connectivity index (χ1v) is 9.06. The number of nitrogens with two attached hydrogens (primary N) is 1. The molecule has 5 heteroatoms. The largest absolute Gasteiger partial charge is 0.370 e. The summed E-state index contributed by atoms with van der Waals surface area (Å²) in [6.45, 7) is 13.2. The fraction of sp³-hybridized carbons (Fsp3) is 0.941. The number of likely N-dealkylation sites (tertiary alicyclic amines) is 2. The zero-order valence-corrected chi connectivity index (χ0v) is 14.8. The van der Waals surface area contributed by atoms with E-state index in [9.17, 15) is 0 Å². The first-order chi connectivity index (χ1) is 10.5. The van der Waals surface area contributed by atoms with E-state index in [2.05, 4.69) is 40.9 Å². The number of piperidine rings is 1. The zero-order valence-electron chi connectivity index (χ0n) is 14.8. The molecule has 0 bridgehead atoms. The monoisotopic (exact) mass is 309 g/mol. The molecule has 0 aromatic rings. The molecule has 2 fully saturated rings. The van der Waals surface area contributed by atoms with Gasteiger partial charge in [0.1, 0.15) is 0 Å². The van der Waals surface area contributed by atoms with Crippen molar-refractivity contribution in [3.05, 3.63) is 0 Å². The molecule has 5 nitrogen and oxygen atoms in total. The fourth-order valence-electron chi connectivity index (χ4n) is 3.70. The van der Waals surface area contributed by atoms with Crippen molar-refractivity contribution in [2.75, 3.05) is 39.3 Å². The van der Waals surface area contributed by atoms with Gasteiger partial charge < -0.3 is 11.1 Å². The Hall–Kier alpha value is -0.810. The molecular weight excluding hydrogens is 274 g/mol. The number of guanidine groups is 1. The minimum Gasteiger partial charge on any atom is -0.370 e. The van der Waals surface area contributed by atoms with Crippen LogP contribution in [0.5, 0.6) is 0 Å². The maximum absolute atomic E-state index is 6.08. The standard InChI is InChI=1S/C17H35N5/c1-4-21-10-8-9-15(21)13-19-16(18)20-14-17(2,3)22-11-6-5-7-12-22/h15H,4-14H2,1-3H3,(H3,18,19,20). The van der Waals surface area contributed by atoms with Crippen LogP contribution in [0.3, 0.4) is 0 Å². The van der Waals surface area contributed by atoms with Crippen molar-refractivity contribution in [1.29, 1.82) is 0 Å². The second kappa shape index (κ2) is 8.16. The van der Waals surface area contributed by atoms with E-state index in [1.54, 1.807) is 0 Å². The highest BCUT2D eigenvalue weighted by molar-refractivity contribution is 5.77. The summed E-state index contributed by atoms with van der Waals surface area (Å²) in [6, 6.07) is 0.619. The summed E-state index contributed by atoms with van der Waals surface area (Å²) in [7, 11) is 0. The third-order valence-electron chi connectivity index (χ3n) is 5.27. The minimum absolute atomic E-state index is 0.107. The van der Waals surface area contributed by atoms with E-state index in [0.717, 1.165) is 19.6 Å². The van der Waals surface area contributed by atoms with Gasteiger partial charge in [-0.2, -0.15) is 0 Å². The summed E-state index contributed by atoms with van der Waals surface area (Å²) in [5, 5.41) is 3.33. The summed E-state index contributed by atoms with van der Waals surface area (Å²) >= 11 is 0. The van der Waals surface area contributed by atoms with Crippen LogP contribution in [0.25, 0.3) is 0 Å². The van der Waals surface area contributed by atoms with Crippen molar-refractivity contribution < 1.29 is 0 Å². The quantitative estimate of drug-likeness (QED) is 0.578. The van der Waals surface area contributed by atoms with Crippen LogP contribution >= 0.6 is 0 Å². The van der Waals surface area contributed by atoms with Gasteiger partial charge in [-0.05, 0) is 65.7 Å². The molecule has 2 heterocycles. The van der Waals surface area contributed by atoms with E-state index in [4.69, 9.17) is 5.73 Å². The smallest absolute Gasteiger partial charge is 0.188 e. The summed E-state index contributed by atoms with van der Waals surface area (Å²) in [5.74, 6) is 0.605. The molecule has 0 saturated carbocycles. The lowest BCUT2D eigenvalue weighted by Gasteiger charge is -2.40. The maximum Gasteiger partial charge on any atom is 0.188 e. The second-order valence-electron chi connectivity index (χ2n) is 7.37. The van der Waals surface area contributed by atoms with Crippen LogP contribution in [0.2, 0.25) is 0 Å². The van der Waals surface area contributed by atoms with E-state index < -0.39 is 0 Å². The van der Waals surface area contributed by atoms with Gasteiger partial charge in [0.25, 0.3) is 0 Å². The van der Waals surface area contributed by atoms with Gasteiger partial charge in [-0.15, -0.1) is 0 Å². The molecular formula is C17H35N5. The third-order valence-corrected chi connectivity index (χ3v) is 5.27. The normalized spacial score (nSPS) is 25.6. The number of rotatable bonds is 6. The summed E-state index contributed by atoms with van der Waals surface area (Å²) in [6.07, 6.45) is 6.58. The van der Waals surface area contributed by atoms with Crippen LogP contribution in [0.4, 0.5) is 0 Å². The summed E-state index contributed by atoms with van der Waals surface area (Å²) in [4.78, 5) is 9.69. The molecule has 128 valence electrons. The second-order valence-corrected chi connectivity index (χ2v) is 7.37. The van der Waals surface area contributed by atoms with E-state index in [0.29, 0.717) is 12.0 Å². The van der Waals surface area contributed by atoms with Gasteiger partial charge >= 0.3 is 0 Å². The van der Waals surface area contributed by atoms with Crippen LogP contribution in [-0.2, 0) is 0 Å². The van der Waals surface area contributed by atoms with Crippen LogP contribution in [0.15, 0.2) is 4.99 Å². The van der Waals surface area contributed by atoms with Crippen molar-refractivity contribution in [1.82, 2.24) is 15.1 Å². The lowest BCUT2D eigenvalue weighted by Crippen LogP contribution is -2.49. The topological polar surface area (TPSA) is 56.9 Å². The van der Waals surface area contributed by atoms with Gasteiger partial charge in [0.05, 0.1) is 6.54 Å². The highest BCUT2D eigenvalue weighted by atomic mass is 15.2. The van der Waals surface area contributed by atoms with Crippen molar-refractivity contribution in [3.8, 4) is 0 Å². The Morgan fingerprint density at radius 1 is 1.18 bits per heavy atom. The number of aliphatic imine (C=N–C) groups is 1. The molecule has 2 aliphatic heterocycles. The van der Waals surface area contributed by atoms with Crippen molar-refractivity contribution in [2.24, 2.45) is 10.7 Å². The van der Waals surface area contributed by atoms with Crippen molar-refractivity contribution in [2.45, 2.75) is 64.5 Å². The predicted molar refractivity (Wildman–Crippen MR) is 94.3 cm³/mol. The van der Waals surface area contributed by atoms with Crippen LogP contribution in [0, 0.1) is 0 Å². The lowest BCUT2D eigenvalue weighted by atomic mass is 9.99. The molecule has 2 saturated heterocycles. The first-order valence-electron chi connectivity index (χ1n) is 9.06. The molecule has 0 amide bonds. The Kier molecular flexibility index (Phi) is 6.50. The van der Waals surface area contributed by atoms with Gasteiger partial charge in [0, 0.05) is 18.1 Å². The molecule has 3 N–H and O–H groups in total. The van der Waals surface area contributed by atoms with Crippen LogP contribution in [0.1, 0.15) is 52.9 Å². The van der Waals surface area contributed by atoms with Gasteiger partial charge in [-0.25, -0.2) is 0 Å². The Morgan fingerprint density at radius 2 is 1.91 bits per heavy atom. The molecule has 2 aliphatic rings. The van der Waals surface area contributed by atoms with Crippen LogP contribution < -0.4 is 11.1 Å². The van der Waals surface area contributed by atoms with E-state index >= 15 is 0 Å². The number of nitrogens with zero attached hydrogens (tertiary/aromatic N) is 3. The predicted octanol–water partition coefficient (Wildman–Crippen LogP) is 1.64. The number of likely N-dealkylation sites (N-methyl/N-ethyl adjacent to an activating group) is 1. The molecule has 2 rings (SSSR count). The number of hydrogen-bond donors (Lipinski definition) is 2. The highest BCUT2D eigenvalue weighted by Gasteiger charge is 2.27. The number of nitrogens with one attached hydrogen (secondary N) is 1. The Bertz CT molecular complexity index is 360. The van der Waals surface area contributed by atoms with Gasteiger partial charge in [0.15, 0.2) is 5.96 Å². The molecule has 0 aliphatic carbocycles. The van der Waals surface area contributed by atoms with Gasteiger partial charge in [-0.3, -0.25) is 14.8 Å². The van der Waals surface area contributed by atoms with Gasteiger partial charge in [-0.1, -0.05) is 13.3 Å². The Labute approximate surface area is 136 Å². The van der Waals surface area contributed by atoms with Crippen molar-refractivity contribution in [3.63, 3.8) is 0 Å². The van der Waals surface area contributed by atoms with E-state index in [-0.39, 0.29) is 5.54 Å². The average Bonchev–Trinajstić information content (AvgIpc) is 2.99. The van der Waals surface area contributed by atoms with Crippen LogP contribution in [-0.4, -0.2) is 66.6 Å². The number of hydrogen-bond acceptors (Lipinski definition) is 3. The SMILES string of the molecule is CCN1CCCC1CNC(N)=NCC(C)(C)N1CCCCC1. The third kappa shape index (κ3) is 4.85. The molecule has 0 aromatic heterocycles. The summed E-state index contributed by atoms with van der Waals surface area (Å²) in [5.41, 5.74) is 6.18. The molecule has 0 aromatic carbocycles. The Balaban J connectivity index is 1.76. The molecule has 0 spiro atoms. The first kappa shape index (κ1) is 17.5. The molecule has 1 atom stereocenters. The maximum atomic E-state index is 6.08. The molecule has 22 heavy (non-hydrogen) atoms. The van der Waals surface area contributed by atoms with E-state index in [1.807, 2.05) is 0 Å². The van der Waals surface area contributed by atoms with E-state index in [1.165, 1.54) is 51.7 Å². The van der Waals surface area contributed by atoms with Gasteiger partial charge in [0.2, 0.25) is 0 Å². The molecule has 0 radical (unpaired) electrons.